The van der Waals surface area contributed by atoms with Crippen molar-refractivity contribution in [1.29, 1.82) is 0 Å². The van der Waals surface area contributed by atoms with Crippen molar-refractivity contribution in [2.45, 2.75) is 38.1 Å². The molecule has 1 saturated carbocycles. The van der Waals surface area contributed by atoms with Crippen LogP contribution in [-0.2, 0) is 6.42 Å². The first-order chi connectivity index (χ1) is 13.0. The summed E-state index contributed by atoms with van der Waals surface area (Å²) in [7, 11) is 7.56. The lowest BCUT2D eigenvalue weighted by atomic mass is 10.1. The van der Waals surface area contributed by atoms with Crippen LogP contribution in [0.15, 0.2) is 29.3 Å². The molecular formula is C21H36IN5O. The lowest BCUT2D eigenvalue weighted by Gasteiger charge is -2.24. The van der Waals surface area contributed by atoms with Crippen LogP contribution in [0.3, 0.4) is 0 Å². The van der Waals surface area contributed by atoms with Gasteiger partial charge in [0.15, 0.2) is 5.96 Å². The van der Waals surface area contributed by atoms with E-state index in [2.05, 4.69) is 33.6 Å². The van der Waals surface area contributed by atoms with Crippen LogP contribution in [0, 0.1) is 0 Å². The van der Waals surface area contributed by atoms with E-state index in [4.69, 9.17) is 0 Å². The molecule has 0 saturated heterocycles. The number of aliphatic imine (C=N–C) groups is 1. The van der Waals surface area contributed by atoms with Gasteiger partial charge in [-0.2, -0.15) is 0 Å². The second-order valence-corrected chi connectivity index (χ2v) is 7.49. The molecule has 2 rings (SSSR count). The fourth-order valence-electron chi connectivity index (χ4n) is 3.54. The Hall–Kier alpha value is -1.35. The van der Waals surface area contributed by atoms with E-state index in [9.17, 15) is 4.79 Å². The zero-order chi connectivity index (χ0) is 19.6. The van der Waals surface area contributed by atoms with Gasteiger partial charge in [-0.05, 0) is 44.0 Å². The number of likely N-dealkylation sites (N-methyl/N-ethyl adjacent to an activating group) is 1. The topological polar surface area (TPSA) is 60.0 Å². The number of guanidine groups is 1. The maximum Gasteiger partial charge on any atom is 0.253 e. The number of hydrogen-bond acceptors (Lipinski definition) is 3. The van der Waals surface area contributed by atoms with Crippen LogP contribution in [0.2, 0.25) is 0 Å². The zero-order valence-electron chi connectivity index (χ0n) is 17.7. The van der Waals surface area contributed by atoms with Gasteiger partial charge in [-0.15, -0.1) is 24.0 Å². The van der Waals surface area contributed by atoms with Crippen LogP contribution in [0.4, 0.5) is 0 Å². The lowest BCUT2D eigenvalue weighted by molar-refractivity contribution is 0.0827. The van der Waals surface area contributed by atoms with E-state index in [1.54, 1.807) is 26.0 Å². The number of carbonyl (C=O) groups is 1. The van der Waals surface area contributed by atoms with Gasteiger partial charge in [0.2, 0.25) is 0 Å². The first-order valence-electron chi connectivity index (χ1n) is 9.96. The van der Waals surface area contributed by atoms with Gasteiger partial charge < -0.3 is 20.4 Å². The third-order valence-corrected chi connectivity index (χ3v) is 5.21. The molecule has 7 heteroatoms. The van der Waals surface area contributed by atoms with Gasteiger partial charge in [0.1, 0.15) is 0 Å². The number of amides is 1. The molecule has 6 nitrogen and oxygen atoms in total. The predicted molar refractivity (Wildman–Crippen MR) is 128 cm³/mol. The third-order valence-electron chi connectivity index (χ3n) is 5.21. The Morgan fingerprint density at radius 2 is 1.82 bits per heavy atom. The normalized spacial score (nSPS) is 14.7. The highest BCUT2D eigenvalue weighted by Gasteiger charge is 2.18. The molecule has 0 heterocycles. The maximum atomic E-state index is 12.1. The van der Waals surface area contributed by atoms with Gasteiger partial charge in [-0.1, -0.05) is 25.0 Å². The summed E-state index contributed by atoms with van der Waals surface area (Å²) in [6.45, 7) is 2.69. The second-order valence-electron chi connectivity index (χ2n) is 7.49. The van der Waals surface area contributed by atoms with E-state index in [0.717, 1.165) is 49.2 Å². The molecule has 1 aromatic carbocycles. The van der Waals surface area contributed by atoms with E-state index in [-0.39, 0.29) is 29.9 Å². The summed E-state index contributed by atoms with van der Waals surface area (Å²) in [6.07, 6.45) is 6.24. The molecule has 1 amide bonds. The number of hydrogen-bond donors (Lipinski definition) is 2. The molecule has 0 aromatic heterocycles. The molecule has 0 atom stereocenters. The van der Waals surface area contributed by atoms with E-state index in [1.807, 2.05) is 18.2 Å². The Labute approximate surface area is 187 Å². The standard InChI is InChI=1S/C21H35N5O.HI/c1-22-21(24-14-15-26(4)19-10-5-6-11-19)23-13-12-17-8-7-9-18(16-17)20(27)25(2)3;/h7-9,16,19H,5-6,10-15H2,1-4H3,(H2,22,23,24);1H. The smallest absolute Gasteiger partial charge is 0.253 e. The van der Waals surface area contributed by atoms with Gasteiger partial charge >= 0.3 is 0 Å². The minimum absolute atomic E-state index is 0. The van der Waals surface area contributed by atoms with E-state index in [1.165, 1.54) is 25.7 Å². The van der Waals surface area contributed by atoms with Crippen LogP contribution in [0.1, 0.15) is 41.6 Å². The quantitative estimate of drug-likeness (QED) is 0.327. The van der Waals surface area contributed by atoms with E-state index in [0.29, 0.717) is 0 Å². The van der Waals surface area contributed by atoms with Crippen molar-refractivity contribution in [2.75, 3.05) is 47.8 Å². The lowest BCUT2D eigenvalue weighted by Crippen LogP contribution is -2.43. The molecule has 0 spiro atoms. The summed E-state index contributed by atoms with van der Waals surface area (Å²) >= 11 is 0. The van der Waals surface area contributed by atoms with Crippen molar-refractivity contribution >= 4 is 35.8 Å². The summed E-state index contributed by atoms with van der Waals surface area (Å²) in [5.74, 6) is 0.865. The molecule has 28 heavy (non-hydrogen) atoms. The number of carbonyl (C=O) groups excluding carboxylic acids is 1. The molecule has 1 aliphatic carbocycles. The molecule has 1 aromatic rings. The Bertz CT molecular complexity index is 629. The average molecular weight is 501 g/mol. The van der Waals surface area contributed by atoms with Gasteiger partial charge in [0.25, 0.3) is 5.91 Å². The molecular weight excluding hydrogens is 465 g/mol. The van der Waals surface area contributed by atoms with Crippen molar-refractivity contribution in [1.82, 2.24) is 20.4 Å². The van der Waals surface area contributed by atoms with E-state index >= 15 is 0 Å². The molecule has 2 N–H and O–H groups in total. The Morgan fingerprint density at radius 1 is 1.14 bits per heavy atom. The fraction of sp³-hybridized carbons (Fsp3) is 0.619. The maximum absolute atomic E-state index is 12.1. The molecule has 1 aliphatic rings. The summed E-state index contributed by atoms with van der Waals surface area (Å²) in [5.41, 5.74) is 1.88. The zero-order valence-corrected chi connectivity index (χ0v) is 20.0. The van der Waals surface area contributed by atoms with Gasteiger partial charge in [-0.3, -0.25) is 9.79 Å². The van der Waals surface area contributed by atoms with Crippen molar-refractivity contribution in [3.8, 4) is 0 Å². The summed E-state index contributed by atoms with van der Waals surface area (Å²) < 4.78 is 0. The summed E-state index contributed by atoms with van der Waals surface area (Å²) in [4.78, 5) is 20.4. The van der Waals surface area contributed by atoms with Crippen molar-refractivity contribution < 1.29 is 4.79 Å². The number of nitrogens with one attached hydrogen (secondary N) is 2. The number of halogens is 1. The van der Waals surface area contributed by atoms with Gasteiger partial charge in [0, 0.05) is 52.4 Å². The Kier molecular flexibility index (Phi) is 11.4. The van der Waals surface area contributed by atoms with Crippen LogP contribution >= 0.6 is 24.0 Å². The second kappa shape index (κ2) is 13.0. The Morgan fingerprint density at radius 3 is 2.46 bits per heavy atom. The van der Waals surface area contributed by atoms with Crippen LogP contribution in [-0.4, -0.2) is 75.5 Å². The molecule has 158 valence electrons. The van der Waals surface area contributed by atoms with Crippen LogP contribution < -0.4 is 10.6 Å². The molecule has 0 aliphatic heterocycles. The first-order valence-corrected chi connectivity index (χ1v) is 9.96. The van der Waals surface area contributed by atoms with Crippen LogP contribution in [0.5, 0.6) is 0 Å². The molecule has 1 fully saturated rings. The summed E-state index contributed by atoms with van der Waals surface area (Å²) in [5, 5.41) is 6.75. The minimum atomic E-state index is 0. The van der Waals surface area contributed by atoms with Crippen LogP contribution in [0.25, 0.3) is 0 Å². The molecule has 0 unspecified atom stereocenters. The number of nitrogens with zero attached hydrogens (tertiary/aromatic N) is 3. The Balaban J connectivity index is 0.00000392. The molecule has 0 radical (unpaired) electrons. The first kappa shape index (κ1) is 24.7. The largest absolute Gasteiger partial charge is 0.356 e. The van der Waals surface area contributed by atoms with Gasteiger partial charge in [0.05, 0.1) is 0 Å². The summed E-state index contributed by atoms with van der Waals surface area (Å²) in [6, 6.07) is 8.58. The minimum Gasteiger partial charge on any atom is -0.356 e. The average Bonchev–Trinajstić information content (AvgIpc) is 3.21. The van der Waals surface area contributed by atoms with Crippen molar-refractivity contribution in [3.05, 3.63) is 35.4 Å². The third kappa shape index (κ3) is 7.95. The number of benzene rings is 1. The number of rotatable bonds is 8. The highest BCUT2D eigenvalue weighted by atomic mass is 127. The monoisotopic (exact) mass is 501 g/mol. The van der Waals surface area contributed by atoms with Crippen molar-refractivity contribution in [3.63, 3.8) is 0 Å². The highest BCUT2D eigenvalue weighted by molar-refractivity contribution is 14.0. The predicted octanol–water partition coefficient (Wildman–Crippen LogP) is 2.59. The van der Waals surface area contributed by atoms with Gasteiger partial charge in [-0.25, -0.2) is 0 Å². The van der Waals surface area contributed by atoms with E-state index < -0.39 is 0 Å². The highest BCUT2D eigenvalue weighted by Crippen LogP contribution is 2.21. The SMILES string of the molecule is CN=C(NCCc1cccc(C(=O)N(C)C)c1)NCCN(C)C1CCCC1.I. The molecule has 0 bridgehead atoms. The fourth-order valence-corrected chi connectivity index (χ4v) is 3.54. The van der Waals surface area contributed by atoms with Crippen molar-refractivity contribution in [2.24, 2.45) is 4.99 Å².